The number of sulfonamides is 1. The number of hydrogen-bond donors (Lipinski definition) is 2. The topological polar surface area (TPSA) is 88.2 Å². The molecular formula is C19H17F2N3O3S2. The van der Waals surface area contributed by atoms with E-state index in [9.17, 15) is 22.0 Å². The highest BCUT2D eigenvalue weighted by Gasteiger charge is 2.27. The first-order valence-electron chi connectivity index (χ1n) is 8.97. The fraction of sp³-hybridized carbons (Fsp3) is 0.263. The Balaban J connectivity index is 1.34. The van der Waals surface area contributed by atoms with E-state index in [1.807, 2.05) is 0 Å². The summed E-state index contributed by atoms with van der Waals surface area (Å²) in [6.07, 6.45) is 2.30. The molecule has 2 N–H and O–H groups in total. The van der Waals surface area contributed by atoms with E-state index < -0.39 is 21.7 Å². The molecule has 0 spiro atoms. The number of nitrogens with zero attached hydrogens (tertiary/aromatic N) is 1. The second kappa shape index (κ2) is 7.77. The summed E-state index contributed by atoms with van der Waals surface area (Å²) < 4.78 is 53.9. The number of carbonyl (C=O) groups excluding carboxylic acids is 1. The lowest BCUT2D eigenvalue weighted by Gasteiger charge is -2.07. The van der Waals surface area contributed by atoms with Gasteiger partial charge in [-0.2, -0.15) is 0 Å². The molecule has 2 aromatic carbocycles. The zero-order valence-electron chi connectivity index (χ0n) is 15.1. The van der Waals surface area contributed by atoms with Gasteiger partial charge in [-0.1, -0.05) is 23.5 Å². The lowest BCUT2D eigenvalue weighted by molar-refractivity contribution is -0.116. The number of anilines is 1. The van der Waals surface area contributed by atoms with E-state index in [0.29, 0.717) is 11.1 Å². The number of amides is 1. The number of carbonyl (C=O) groups is 1. The highest BCUT2D eigenvalue weighted by Crippen LogP contribution is 2.28. The van der Waals surface area contributed by atoms with Crippen molar-refractivity contribution < 1.29 is 22.0 Å². The van der Waals surface area contributed by atoms with Gasteiger partial charge in [0.1, 0.15) is 0 Å². The highest BCUT2D eigenvalue weighted by molar-refractivity contribution is 7.89. The number of nitrogens with one attached hydrogen (secondary N) is 2. The molecule has 1 saturated carbocycles. The number of aromatic nitrogens is 1. The van der Waals surface area contributed by atoms with Crippen LogP contribution >= 0.6 is 11.3 Å². The van der Waals surface area contributed by atoms with Crippen molar-refractivity contribution in [3.8, 4) is 0 Å². The van der Waals surface area contributed by atoms with E-state index >= 15 is 0 Å². The summed E-state index contributed by atoms with van der Waals surface area (Å²) in [5, 5.41) is 2.89. The van der Waals surface area contributed by atoms with Gasteiger partial charge in [0.05, 0.1) is 15.1 Å². The smallest absolute Gasteiger partial charge is 0.240 e. The summed E-state index contributed by atoms with van der Waals surface area (Å²) in [6.45, 7) is 0. The van der Waals surface area contributed by atoms with Gasteiger partial charge in [0, 0.05) is 18.5 Å². The SMILES string of the molecule is O=C(CCc1ccc(S(=O)(=O)NC2CC2)cc1)Nc1nc2cc(F)c(F)cc2s1. The normalized spacial score (nSPS) is 14.3. The monoisotopic (exact) mass is 437 g/mol. The van der Waals surface area contributed by atoms with Gasteiger partial charge in [-0.25, -0.2) is 26.9 Å². The molecule has 0 bridgehead atoms. The predicted octanol–water partition coefficient (Wildman–Crippen LogP) is 3.59. The Morgan fingerprint density at radius 2 is 1.83 bits per heavy atom. The fourth-order valence-corrected chi connectivity index (χ4v) is 4.93. The van der Waals surface area contributed by atoms with Gasteiger partial charge in [0.15, 0.2) is 16.8 Å². The van der Waals surface area contributed by atoms with E-state index in [-0.39, 0.29) is 33.9 Å². The third-order valence-corrected chi connectivity index (χ3v) is 6.92. The van der Waals surface area contributed by atoms with E-state index in [1.165, 1.54) is 12.1 Å². The first kappa shape index (κ1) is 19.9. The Morgan fingerprint density at radius 1 is 1.14 bits per heavy atom. The number of benzene rings is 2. The average Bonchev–Trinajstić information content (AvgIpc) is 3.39. The summed E-state index contributed by atoms with van der Waals surface area (Å²) in [6, 6.07) is 8.48. The molecule has 6 nitrogen and oxygen atoms in total. The molecule has 3 aromatic rings. The average molecular weight is 437 g/mol. The van der Waals surface area contributed by atoms with Gasteiger partial charge in [0.2, 0.25) is 15.9 Å². The van der Waals surface area contributed by atoms with Crippen LogP contribution in [0.5, 0.6) is 0 Å². The molecule has 4 rings (SSSR count). The molecule has 29 heavy (non-hydrogen) atoms. The Labute approximate surface area is 170 Å². The van der Waals surface area contributed by atoms with Gasteiger partial charge in [0.25, 0.3) is 0 Å². The number of halogens is 2. The maximum Gasteiger partial charge on any atom is 0.240 e. The second-order valence-electron chi connectivity index (χ2n) is 6.84. The van der Waals surface area contributed by atoms with Crippen LogP contribution in [-0.4, -0.2) is 25.4 Å². The number of aryl methyl sites for hydroxylation is 1. The standard InChI is InChI=1S/C19H17F2N3O3S2/c20-14-9-16-17(10-15(14)21)28-19(22-16)23-18(25)8-3-11-1-6-13(7-2-11)29(26,27)24-12-4-5-12/h1-2,6-7,9-10,12,24H,3-5,8H2,(H,22,23,25). The molecule has 1 fully saturated rings. The lowest BCUT2D eigenvalue weighted by atomic mass is 10.1. The van der Waals surface area contributed by atoms with Gasteiger partial charge >= 0.3 is 0 Å². The van der Waals surface area contributed by atoms with Crippen LogP contribution < -0.4 is 10.0 Å². The van der Waals surface area contributed by atoms with Crippen molar-refractivity contribution in [1.82, 2.24) is 9.71 Å². The molecule has 0 atom stereocenters. The van der Waals surface area contributed by atoms with Crippen molar-refractivity contribution in [2.75, 3.05) is 5.32 Å². The van der Waals surface area contributed by atoms with E-state index in [2.05, 4.69) is 15.0 Å². The first-order chi connectivity index (χ1) is 13.8. The first-order valence-corrected chi connectivity index (χ1v) is 11.3. The molecule has 152 valence electrons. The van der Waals surface area contributed by atoms with Crippen LogP contribution in [0.4, 0.5) is 13.9 Å². The highest BCUT2D eigenvalue weighted by atomic mass is 32.2. The minimum absolute atomic E-state index is 0.0406. The van der Waals surface area contributed by atoms with Crippen molar-refractivity contribution in [2.45, 2.75) is 36.6 Å². The van der Waals surface area contributed by atoms with Crippen molar-refractivity contribution in [3.05, 3.63) is 53.6 Å². The number of thiazole rings is 1. The molecular weight excluding hydrogens is 420 g/mol. The second-order valence-corrected chi connectivity index (χ2v) is 9.59. The molecule has 0 aliphatic heterocycles. The van der Waals surface area contributed by atoms with Crippen molar-refractivity contribution in [1.29, 1.82) is 0 Å². The Morgan fingerprint density at radius 3 is 2.52 bits per heavy atom. The summed E-state index contributed by atoms with van der Waals surface area (Å²) >= 11 is 1.06. The zero-order chi connectivity index (χ0) is 20.6. The molecule has 1 heterocycles. The molecule has 1 aliphatic rings. The van der Waals surface area contributed by atoms with Gasteiger partial charge in [-0.15, -0.1) is 0 Å². The largest absolute Gasteiger partial charge is 0.302 e. The molecule has 1 aromatic heterocycles. The summed E-state index contributed by atoms with van der Waals surface area (Å²) in [7, 11) is -3.49. The quantitative estimate of drug-likeness (QED) is 0.591. The lowest BCUT2D eigenvalue weighted by Crippen LogP contribution is -2.25. The molecule has 0 saturated heterocycles. The number of rotatable bonds is 7. The molecule has 0 radical (unpaired) electrons. The summed E-state index contributed by atoms with van der Waals surface area (Å²) in [4.78, 5) is 16.4. The Hall–Kier alpha value is -2.43. The van der Waals surface area contributed by atoms with Crippen LogP contribution in [0.2, 0.25) is 0 Å². The zero-order valence-corrected chi connectivity index (χ0v) is 16.7. The summed E-state index contributed by atoms with van der Waals surface area (Å²) in [5.41, 5.74) is 1.10. The fourth-order valence-electron chi connectivity index (χ4n) is 2.74. The van der Waals surface area contributed by atoms with Gasteiger partial charge in [-0.3, -0.25) is 4.79 Å². The van der Waals surface area contributed by atoms with E-state index in [4.69, 9.17) is 0 Å². The molecule has 1 aliphatic carbocycles. The Kier molecular flexibility index (Phi) is 5.32. The third kappa shape index (κ3) is 4.77. The van der Waals surface area contributed by atoms with Crippen LogP contribution in [-0.2, 0) is 21.2 Å². The number of hydrogen-bond acceptors (Lipinski definition) is 5. The molecule has 0 unspecified atom stereocenters. The van der Waals surface area contributed by atoms with Crippen molar-refractivity contribution in [2.24, 2.45) is 0 Å². The molecule has 10 heteroatoms. The van der Waals surface area contributed by atoms with Crippen LogP contribution in [0.15, 0.2) is 41.3 Å². The maximum atomic E-state index is 13.3. The maximum absolute atomic E-state index is 13.3. The molecule has 1 amide bonds. The minimum Gasteiger partial charge on any atom is -0.302 e. The summed E-state index contributed by atoms with van der Waals surface area (Å²) in [5.74, 6) is -2.24. The minimum atomic E-state index is -3.49. The van der Waals surface area contributed by atoms with Gasteiger partial charge in [-0.05, 0) is 43.0 Å². The van der Waals surface area contributed by atoms with Crippen LogP contribution in [0.25, 0.3) is 10.2 Å². The van der Waals surface area contributed by atoms with Crippen LogP contribution in [0.1, 0.15) is 24.8 Å². The number of fused-ring (bicyclic) bond motifs is 1. The van der Waals surface area contributed by atoms with E-state index in [0.717, 1.165) is 41.9 Å². The van der Waals surface area contributed by atoms with Gasteiger partial charge < -0.3 is 5.32 Å². The predicted molar refractivity (Wildman–Crippen MR) is 106 cm³/mol. The third-order valence-electron chi connectivity index (χ3n) is 4.45. The van der Waals surface area contributed by atoms with E-state index in [1.54, 1.807) is 12.1 Å². The Bertz CT molecular complexity index is 1130. The van der Waals surface area contributed by atoms with Crippen molar-refractivity contribution in [3.63, 3.8) is 0 Å². The van der Waals surface area contributed by atoms with Crippen molar-refractivity contribution >= 4 is 42.6 Å². The van der Waals surface area contributed by atoms with Crippen LogP contribution in [0.3, 0.4) is 0 Å². The van der Waals surface area contributed by atoms with Crippen LogP contribution in [0, 0.1) is 11.6 Å².